The normalized spacial score (nSPS) is 11.1. The highest BCUT2D eigenvalue weighted by atomic mass is 16.3. The van der Waals surface area contributed by atoms with Crippen molar-refractivity contribution in [2.24, 2.45) is 0 Å². The van der Waals surface area contributed by atoms with Gasteiger partial charge in [-0.25, -0.2) is 0 Å². The van der Waals surface area contributed by atoms with Gasteiger partial charge in [0.1, 0.15) is 0 Å². The molecule has 0 heterocycles. The number of rotatable bonds is 5. The van der Waals surface area contributed by atoms with Crippen LogP contribution in [0.5, 0.6) is 0 Å². The molecule has 0 bridgehead atoms. The van der Waals surface area contributed by atoms with Gasteiger partial charge in [0.15, 0.2) is 0 Å². The van der Waals surface area contributed by atoms with Crippen LogP contribution in [-0.4, -0.2) is 10.2 Å². The summed E-state index contributed by atoms with van der Waals surface area (Å²) in [5.74, 6) is 0.350. The molecule has 0 fully saturated rings. The highest BCUT2D eigenvalue weighted by Gasteiger charge is 2.18. The van der Waals surface area contributed by atoms with Crippen molar-refractivity contribution in [3.05, 3.63) is 83.4 Å². The molecule has 2 nitrogen and oxygen atoms in total. The van der Waals surface area contributed by atoms with Crippen LogP contribution >= 0.6 is 0 Å². The topological polar surface area (TPSA) is 40.5 Å². The molecule has 3 aromatic carbocycles. The molecule has 0 radical (unpaired) electrons. The van der Waals surface area contributed by atoms with E-state index in [0.717, 1.165) is 33.4 Å². The van der Waals surface area contributed by atoms with Gasteiger partial charge in [0.25, 0.3) is 0 Å². The zero-order valence-corrected chi connectivity index (χ0v) is 14.7. The third-order valence-corrected chi connectivity index (χ3v) is 4.65. The van der Waals surface area contributed by atoms with Gasteiger partial charge in [-0.05, 0) is 44.9 Å². The van der Waals surface area contributed by atoms with Crippen LogP contribution in [0.4, 0.5) is 0 Å². The Morgan fingerprint density at radius 1 is 0.640 bits per heavy atom. The van der Waals surface area contributed by atoms with Crippen molar-refractivity contribution in [2.75, 3.05) is 0 Å². The molecule has 3 aromatic rings. The fraction of sp³-hybridized carbons (Fsp3) is 0.217. The van der Waals surface area contributed by atoms with Crippen LogP contribution in [0.15, 0.2) is 66.7 Å². The van der Waals surface area contributed by atoms with Crippen LogP contribution in [0, 0.1) is 0 Å². The van der Waals surface area contributed by atoms with Gasteiger partial charge in [0.2, 0.25) is 0 Å². The SMILES string of the molecule is CC(C)c1cccc(-c2ccccc2CO)c1-c1ccccc1CO. The van der Waals surface area contributed by atoms with Gasteiger partial charge < -0.3 is 10.2 Å². The van der Waals surface area contributed by atoms with Crippen molar-refractivity contribution in [3.8, 4) is 22.3 Å². The van der Waals surface area contributed by atoms with E-state index >= 15 is 0 Å². The Labute approximate surface area is 149 Å². The number of aliphatic hydroxyl groups excluding tert-OH is 2. The van der Waals surface area contributed by atoms with Crippen molar-refractivity contribution < 1.29 is 10.2 Å². The van der Waals surface area contributed by atoms with Crippen LogP contribution in [0.2, 0.25) is 0 Å². The molecule has 0 aromatic heterocycles. The lowest BCUT2D eigenvalue weighted by molar-refractivity contribution is 0.282. The second-order valence-corrected chi connectivity index (χ2v) is 6.56. The quantitative estimate of drug-likeness (QED) is 0.680. The van der Waals surface area contributed by atoms with E-state index in [2.05, 4.69) is 44.2 Å². The Morgan fingerprint density at radius 3 is 1.76 bits per heavy atom. The van der Waals surface area contributed by atoms with Gasteiger partial charge >= 0.3 is 0 Å². The molecular weight excluding hydrogens is 308 g/mol. The Bertz CT molecular complexity index is 865. The lowest BCUT2D eigenvalue weighted by atomic mass is 9.83. The summed E-state index contributed by atoms with van der Waals surface area (Å²) in [5, 5.41) is 19.6. The van der Waals surface area contributed by atoms with E-state index in [-0.39, 0.29) is 13.2 Å². The zero-order chi connectivity index (χ0) is 17.8. The minimum Gasteiger partial charge on any atom is -0.392 e. The van der Waals surface area contributed by atoms with Crippen LogP contribution in [0.3, 0.4) is 0 Å². The summed E-state index contributed by atoms with van der Waals surface area (Å²) < 4.78 is 0. The summed E-state index contributed by atoms with van der Waals surface area (Å²) in [6.45, 7) is 4.37. The molecule has 0 atom stereocenters. The maximum absolute atomic E-state index is 9.83. The molecule has 0 aliphatic rings. The molecule has 0 aliphatic carbocycles. The molecule has 0 saturated carbocycles. The molecule has 0 unspecified atom stereocenters. The van der Waals surface area contributed by atoms with Crippen LogP contribution in [0.25, 0.3) is 22.3 Å². The predicted octanol–water partition coefficient (Wildman–Crippen LogP) is 5.13. The zero-order valence-electron chi connectivity index (χ0n) is 14.7. The lowest BCUT2D eigenvalue weighted by Crippen LogP contribution is -2.00. The summed E-state index contributed by atoms with van der Waals surface area (Å²) in [5.41, 5.74) is 7.39. The Morgan fingerprint density at radius 2 is 1.16 bits per heavy atom. The lowest BCUT2D eigenvalue weighted by Gasteiger charge is -2.21. The van der Waals surface area contributed by atoms with Gasteiger partial charge in [-0.15, -0.1) is 0 Å². The summed E-state index contributed by atoms with van der Waals surface area (Å²) in [6.07, 6.45) is 0. The molecule has 0 spiro atoms. The fourth-order valence-electron chi connectivity index (χ4n) is 3.40. The average Bonchev–Trinajstić information content (AvgIpc) is 2.67. The van der Waals surface area contributed by atoms with Gasteiger partial charge in [-0.3, -0.25) is 0 Å². The van der Waals surface area contributed by atoms with E-state index in [1.54, 1.807) is 0 Å². The first-order valence-corrected chi connectivity index (χ1v) is 8.68. The number of hydrogen-bond acceptors (Lipinski definition) is 2. The fourth-order valence-corrected chi connectivity index (χ4v) is 3.40. The van der Waals surface area contributed by atoms with Crippen molar-refractivity contribution in [1.82, 2.24) is 0 Å². The number of hydrogen-bond donors (Lipinski definition) is 2. The third kappa shape index (κ3) is 3.37. The first kappa shape index (κ1) is 17.4. The first-order chi connectivity index (χ1) is 12.2. The number of benzene rings is 3. The summed E-state index contributed by atoms with van der Waals surface area (Å²) in [7, 11) is 0. The molecule has 0 saturated heterocycles. The van der Waals surface area contributed by atoms with E-state index in [9.17, 15) is 10.2 Å². The molecule has 2 heteroatoms. The van der Waals surface area contributed by atoms with Crippen molar-refractivity contribution in [2.45, 2.75) is 33.0 Å². The van der Waals surface area contributed by atoms with E-state index in [4.69, 9.17) is 0 Å². The molecule has 2 N–H and O–H groups in total. The second kappa shape index (κ2) is 7.64. The largest absolute Gasteiger partial charge is 0.392 e. The van der Waals surface area contributed by atoms with Crippen molar-refractivity contribution in [3.63, 3.8) is 0 Å². The van der Waals surface area contributed by atoms with Crippen LogP contribution in [-0.2, 0) is 13.2 Å². The minimum atomic E-state index is 0.00314. The Kier molecular flexibility index (Phi) is 5.32. The Hall–Kier alpha value is -2.42. The summed E-state index contributed by atoms with van der Waals surface area (Å²) in [4.78, 5) is 0. The van der Waals surface area contributed by atoms with E-state index < -0.39 is 0 Å². The van der Waals surface area contributed by atoms with Crippen LogP contribution in [0.1, 0.15) is 36.5 Å². The van der Waals surface area contributed by atoms with E-state index in [1.165, 1.54) is 5.56 Å². The number of aliphatic hydroxyl groups is 2. The first-order valence-electron chi connectivity index (χ1n) is 8.68. The van der Waals surface area contributed by atoms with Gasteiger partial charge in [0.05, 0.1) is 13.2 Å². The third-order valence-electron chi connectivity index (χ3n) is 4.65. The average molecular weight is 332 g/mol. The van der Waals surface area contributed by atoms with Gasteiger partial charge in [-0.2, -0.15) is 0 Å². The molecular formula is C23H24O2. The molecule has 3 rings (SSSR count). The Balaban J connectivity index is 2.36. The minimum absolute atomic E-state index is 0.00314. The maximum Gasteiger partial charge on any atom is 0.0687 e. The second-order valence-electron chi connectivity index (χ2n) is 6.56. The maximum atomic E-state index is 9.83. The highest BCUT2D eigenvalue weighted by Crippen LogP contribution is 2.40. The molecule has 25 heavy (non-hydrogen) atoms. The molecule has 0 amide bonds. The smallest absolute Gasteiger partial charge is 0.0687 e. The molecule has 0 aliphatic heterocycles. The standard InChI is InChI=1S/C23H24O2/c1-16(2)19-12-7-13-22(20-10-5-3-8-17(20)14-24)23(19)21-11-6-4-9-18(21)15-25/h3-13,16,24-25H,14-15H2,1-2H3. The van der Waals surface area contributed by atoms with E-state index in [1.807, 2.05) is 36.4 Å². The van der Waals surface area contributed by atoms with Crippen LogP contribution < -0.4 is 0 Å². The van der Waals surface area contributed by atoms with Gasteiger partial charge in [0, 0.05) is 0 Å². The molecule has 128 valence electrons. The van der Waals surface area contributed by atoms with Crippen molar-refractivity contribution in [1.29, 1.82) is 0 Å². The monoisotopic (exact) mass is 332 g/mol. The predicted molar refractivity (Wildman–Crippen MR) is 103 cm³/mol. The van der Waals surface area contributed by atoms with E-state index in [0.29, 0.717) is 5.92 Å². The summed E-state index contributed by atoms with van der Waals surface area (Å²) >= 11 is 0. The highest BCUT2D eigenvalue weighted by molar-refractivity contribution is 5.88. The van der Waals surface area contributed by atoms with Gasteiger partial charge in [-0.1, -0.05) is 80.6 Å². The summed E-state index contributed by atoms with van der Waals surface area (Å²) in [6, 6.07) is 22.3. The van der Waals surface area contributed by atoms with Crippen molar-refractivity contribution >= 4 is 0 Å².